The predicted octanol–water partition coefficient (Wildman–Crippen LogP) is 2.38. The van der Waals surface area contributed by atoms with Crippen LogP contribution in [-0.2, 0) is 6.54 Å². The number of aromatic nitrogens is 4. The van der Waals surface area contributed by atoms with Crippen molar-refractivity contribution in [2.24, 2.45) is 0 Å². The summed E-state index contributed by atoms with van der Waals surface area (Å²) >= 11 is 5.86. The molecular weight excluding hydrogens is 321 g/mol. The maximum atomic E-state index is 13.3. The molecule has 8 heteroatoms. The van der Waals surface area contributed by atoms with Crippen molar-refractivity contribution >= 4 is 17.5 Å². The van der Waals surface area contributed by atoms with Crippen LogP contribution in [0, 0.1) is 5.82 Å². The Labute approximate surface area is 135 Å². The van der Waals surface area contributed by atoms with E-state index in [0.717, 1.165) is 0 Å². The lowest BCUT2D eigenvalue weighted by Crippen LogP contribution is -2.24. The minimum Gasteiger partial charge on any atom is -0.345 e. The number of hydrogen-bond donors (Lipinski definition) is 1. The monoisotopic (exact) mass is 331 g/mol. The molecule has 0 fully saturated rings. The molecule has 0 spiro atoms. The van der Waals surface area contributed by atoms with E-state index in [9.17, 15) is 9.18 Å². The van der Waals surface area contributed by atoms with E-state index in [4.69, 9.17) is 11.6 Å². The molecule has 1 aromatic heterocycles. The van der Waals surface area contributed by atoms with Gasteiger partial charge in [-0.1, -0.05) is 23.7 Å². The van der Waals surface area contributed by atoms with Gasteiger partial charge in [0.05, 0.1) is 12.2 Å². The van der Waals surface area contributed by atoms with Gasteiger partial charge in [0.2, 0.25) is 0 Å². The molecule has 0 radical (unpaired) electrons. The largest absolute Gasteiger partial charge is 0.345 e. The number of amides is 1. The quantitative estimate of drug-likeness (QED) is 0.796. The van der Waals surface area contributed by atoms with E-state index in [1.165, 1.54) is 16.8 Å². The summed E-state index contributed by atoms with van der Waals surface area (Å²) in [5, 5.41) is 14.4. The van der Waals surface area contributed by atoms with Gasteiger partial charge in [-0.3, -0.25) is 4.79 Å². The summed E-state index contributed by atoms with van der Waals surface area (Å²) < 4.78 is 14.7. The van der Waals surface area contributed by atoms with Crippen molar-refractivity contribution in [3.63, 3.8) is 0 Å². The minimum atomic E-state index is -0.396. The first kappa shape index (κ1) is 15.1. The second kappa shape index (κ2) is 6.53. The van der Waals surface area contributed by atoms with Crippen LogP contribution in [0.15, 0.2) is 48.5 Å². The number of nitrogens with zero attached hydrogens (tertiary/aromatic N) is 4. The van der Waals surface area contributed by atoms with E-state index >= 15 is 0 Å². The Balaban J connectivity index is 1.75. The zero-order chi connectivity index (χ0) is 16.2. The van der Waals surface area contributed by atoms with Crippen LogP contribution in [0.3, 0.4) is 0 Å². The SMILES string of the molecule is O=C(NCc1nnnn1-c1cccc(F)c1)c1cccc(Cl)c1. The average Bonchev–Trinajstić information content (AvgIpc) is 3.01. The highest BCUT2D eigenvalue weighted by molar-refractivity contribution is 6.30. The predicted molar refractivity (Wildman–Crippen MR) is 81.7 cm³/mol. The van der Waals surface area contributed by atoms with E-state index < -0.39 is 5.82 Å². The van der Waals surface area contributed by atoms with E-state index in [0.29, 0.717) is 22.1 Å². The van der Waals surface area contributed by atoms with Crippen molar-refractivity contribution in [3.05, 3.63) is 70.8 Å². The number of carbonyl (C=O) groups excluding carboxylic acids is 1. The highest BCUT2D eigenvalue weighted by Crippen LogP contribution is 2.12. The van der Waals surface area contributed by atoms with E-state index in [-0.39, 0.29) is 12.5 Å². The fourth-order valence-electron chi connectivity index (χ4n) is 2.02. The standard InChI is InChI=1S/C15H11ClFN5O/c16-11-4-1-3-10(7-11)15(23)18-9-14-19-20-21-22(14)13-6-2-5-12(17)8-13/h1-8H,9H2,(H,18,23). The van der Waals surface area contributed by atoms with Crippen molar-refractivity contribution in [3.8, 4) is 5.69 Å². The molecule has 1 N–H and O–H groups in total. The second-order valence-corrected chi connectivity index (χ2v) is 5.12. The average molecular weight is 332 g/mol. The Hall–Kier alpha value is -2.80. The van der Waals surface area contributed by atoms with Crippen LogP contribution < -0.4 is 5.32 Å². The molecule has 0 unspecified atom stereocenters. The Kier molecular flexibility index (Phi) is 4.29. The zero-order valence-electron chi connectivity index (χ0n) is 11.8. The maximum Gasteiger partial charge on any atom is 0.251 e. The summed E-state index contributed by atoms with van der Waals surface area (Å²) in [5.74, 6) is -0.320. The molecule has 0 saturated heterocycles. The summed E-state index contributed by atoms with van der Waals surface area (Å²) in [4.78, 5) is 12.1. The molecule has 0 aliphatic rings. The van der Waals surface area contributed by atoms with Gasteiger partial charge in [0.1, 0.15) is 5.82 Å². The third-order valence-corrected chi connectivity index (χ3v) is 3.32. The molecule has 1 amide bonds. The number of benzene rings is 2. The van der Waals surface area contributed by atoms with E-state index in [1.54, 1.807) is 36.4 Å². The molecule has 23 heavy (non-hydrogen) atoms. The fraction of sp³-hybridized carbons (Fsp3) is 0.0667. The van der Waals surface area contributed by atoms with Crippen LogP contribution in [0.2, 0.25) is 5.02 Å². The van der Waals surface area contributed by atoms with Crippen LogP contribution in [-0.4, -0.2) is 26.1 Å². The topological polar surface area (TPSA) is 72.7 Å². The van der Waals surface area contributed by atoms with Gasteiger partial charge in [0.15, 0.2) is 5.82 Å². The molecule has 0 saturated carbocycles. The van der Waals surface area contributed by atoms with Crippen molar-refractivity contribution in [2.45, 2.75) is 6.54 Å². The number of nitrogens with one attached hydrogen (secondary N) is 1. The van der Waals surface area contributed by atoms with Crippen LogP contribution in [0.1, 0.15) is 16.2 Å². The molecule has 0 aliphatic carbocycles. The van der Waals surface area contributed by atoms with E-state index in [2.05, 4.69) is 20.8 Å². The van der Waals surface area contributed by atoms with Gasteiger partial charge < -0.3 is 5.32 Å². The summed E-state index contributed by atoms with van der Waals surface area (Å²) in [6.45, 7) is 0.0921. The lowest BCUT2D eigenvalue weighted by atomic mass is 10.2. The third kappa shape index (κ3) is 3.51. The lowest BCUT2D eigenvalue weighted by molar-refractivity contribution is 0.0949. The molecule has 116 valence electrons. The fourth-order valence-corrected chi connectivity index (χ4v) is 2.21. The van der Waals surface area contributed by atoms with Gasteiger partial charge >= 0.3 is 0 Å². The Morgan fingerprint density at radius 2 is 2.04 bits per heavy atom. The molecular formula is C15H11ClFN5O. The highest BCUT2D eigenvalue weighted by Gasteiger charge is 2.11. The first-order valence-corrected chi connectivity index (χ1v) is 7.08. The van der Waals surface area contributed by atoms with Gasteiger partial charge in [0.25, 0.3) is 5.91 Å². The molecule has 2 aromatic carbocycles. The van der Waals surface area contributed by atoms with Crippen molar-refractivity contribution in [1.29, 1.82) is 0 Å². The van der Waals surface area contributed by atoms with Crippen LogP contribution in [0.4, 0.5) is 4.39 Å². The number of rotatable bonds is 4. The maximum absolute atomic E-state index is 13.3. The normalized spacial score (nSPS) is 10.5. The number of hydrogen-bond acceptors (Lipinski definition) is 4. The number of carbonyl (C=O) groups is 1. The van der Waals surface area contributed by atoms with Gasteiger partial charge in [0, 0.05) is 10.6 Å². The first-order chi connectivity index (χ1) is 11.1. The Morgan fingerprint density at radius 3 is 2.83 bits per heavy atom. The summed E-state index contributed by atoms with van der Waals surface area (Å²) in [7, 11) is 0. The van der Waals surface area contributed by atoms with Gasteiger partial charge in [-0.15, -0.1) is 5.10 Å². The molecule has 0 aliphatic heterocycles. The summed E-state index contributed by atoms with van der Waals surface area (Å²) in [5.41, 5.74) is 0.907. The summed E-state index contributed by atoms with van der Waals surface area (Å²) in [6, 6.07) is 12.4. The molecule has 6 nitrogen and oxygen atoms in total. The number of halogens is 2. The Bertz CT molecular complexity index is 851. The Morgan fingerprint density at radius 1 is 1.22 bits per heavy atom. The van der Waals surface area contributed by atoms with Gasteiger partial charge in [-0.05, 0) is 46.8 Å². The smallest absolute Gasteiger partial charge is 0.251 e. The van der Waals surface area contributed by atoms with Crippen LogP contribution in [0.25, 0.3) is 5.69 Å². The highest BCUT2D eigenvalue weighted by atomic mass is 35.5. The third-order valence-electron chi connectivity index (χ3n) is 3.08. The molecule has 3 rings (SSSR count). The zero-order valence-corrected chi connectivity index (χ0v) is 12.5. The van der Waals surface area contributed by atoms with Crippen molar-refractivity contribution in [1.82, 2.24) is 25.5 Å². The van der Waals surface area contributed by atoms with Gasteiger partial charge in [-0.25, -0.2) is 4.39 Å². The number of tetrazole rings is 1. The lowest BCUT2D eigenvalue weighted by Gasteiger charge is -2.07. The van der Waals surface area contributed by atoms with Crippen molar-refractivity contribution in [2.75, 3.05) is 0 Å². The summed E-state index contributed by atoms with van der Waals surface area (Å²) in [6.07, 6.45) is 0. The molecule has 0 atom stereocenters. The molecule has 3 aromatic rings. The minimum absolute atomic E-state index is 0.0921. The first-order valence-electron chi connectivity index (χ1n) is 6.70. The molecule has 0 bridgehead atoms. The van der Waals surface area contributed by atoms with E-state index in [1.807, 2.05) is 0 Å². The van der Waals surface area contributed by atoms with Gasteiger partial charge in [-0.2, -0.15) is 4.68 Å². The van der Waals surface area contributed by atoms with Crippen LogP contribution in [0.5, 0.6) is 0 Å². The second-order valence-electron chi connectivity index (χ2n) is 4.68. The van der Waals surface area contributed by atoms with Crippen molar-refractivity contribution < 1.29 is 9.18 Å². The molecule has 1 heterocycles. The van der Waals surface area contributed by atoms with Crippen LogP contribution >= 0.6 is 11.6 Å².